The molecule has 0 radical (unpaired) electrons. The average molecular weight is 289 g/mol. The molecule has 5 atom stereocenters. The topological polar surface area (TPSA) is 12.0 Å². The van der Waals surface area contributed by atoms with E-state index in [4.69, 9.17) is 0 Å². The number of thiophene rings is 1. The van der Waals surface area contributed by atoms with E-state index < -0.39 is 0 Å². The summed E-state index contributed by atoms with van der Waals surface area (Å²) in [4.78, 5) is 3.11. The minimum Gasteiger partial charge on any atom is -0.312 e. The fraction of sp³-hybridized carbons (Fsp3) is 0.778. The van der Waals surface area contributed by atoms with Gasteiger partial charge in [-0.3, -0.25) is 0 Å². The minimum absolute atomic E-state index is 0.291. The first kappa shape index (κ1) is 13.3. The molecule has 0 amide bonds. The van der Waals surface area contributed by atoms with Crippen LogP contribution >= 0.6 is 11.3 Å². The van der Waals surface area contributed by atoms with E-state index >= 15 is 0 Å². The van der Waals surface area contributed by atoms with Crippen molar-refractivity contribution in [1.29, 1.82) is 0 Å². The van der Waals surface area contributed by atoms with Crippen molar-refractivity contribution >= 4 is 11.3 Å². The standard InChI is InChI=1S/C18H27NS/c1-18(2,3)13-8-7-12(20-13)17(19-4)16-14-10-5-6-11(9-10)15(14)16/h7-8,10-11,14-17,19H,5-6,9H2,1-4H3. The lowest BCUT2D eigenvalue weighted by atomic mass is 9.94. The average Bonchev–Trinajstić information content (AvgIpc) is 2.80. The van der Waals surface area contributed by atoms with Gasteiger partial charge in [0.05, 0.1) is 0 Å². The van der Waals surface area contributed by atoms with E-state index in [1.54, 1.807) is 11.3 Å². The molecule has 1 nitrogen and oxygen atoms in total. The van der Waals surface area contributed by atoms with E-state index in [-0.39, 0.29) is 0 Å². The highest BCUT2D eigenvalue weighted by Crippen LogP contribution is 2.72. The molecule has 1 aromatic rings. The molecule has 1 N–H and O–H groups in total. The van der Waals surface area contributed by atoms with Crippen LogP contribution in [0.1, 0.15) is 55.8 Å². The number of hydrogen-bond acceptors (Lipinski definition) is 2. The minimum atomic E-state index is 0.291. The Kier molecular flexibility index (Phi) is 2.89. The highest BCUT2D eigenvalue weighted by molar-refractivity contribution is 7.12. The van der Waals surface area contributed by atoms with Crippen LogP contribution < -0.4 is 5.32 Å². The Hall–Kier alpha value is -0.340. The molecule has 2 bridgehead atoms. The van der Waals surface area contributed by atoms with Crippen molar-refractivity contribution in [2.45, 2.75) is 51.5 Å². The van der Waals surface area contributed by atoms with E-state index in [1.165, 1.54) is 17.7 Å². The predicted molar refractivity (Wildman–Crippen MR) is 86.1 cm³/mol. The Morgan fingerprint density at radius 1 is 1.15 bits per heavy atom. The maximum Gasteiger partial charge on any atom is 0.0446 e. The molecule has 4 rings (SSSR count). The third-order valence-electron chi connectivity index (χ3n) is 6.16. The van der Waals surface area contributed by atoms with Gasteiger partial charge >= 0.3 is 0 Å². The Labute approximate surface area is 127 Å². The van der Waals surface area contributed by atoms with Crippen LogP contribution in [0.15, 0.2) is 12.1 Å². The number of fused-ring (bicyclic) bond motifs is 5. The van der Waals surface area contributed by atoms with E-state index in [2.05, 4.69) is 45.3 Å². The van der Waals surface area contributed by atoms with Crippen molar-refractivity contribution in [3.63, 3.8) is 0 Å². The maximum absolute atomic E-state index is 3.65. The summed E-state index contributed by atoms with van der Waals surface area (Å²) in [7, 11) is 2.16. The molecular formula is C18H27NS. The largest absolute Gasteiger partial charge is 0.312 e. The van der Waals surface area contributed by atoms with Crippen molar-refractivity contribution in [3.8, 4) is 0 Å². The van der Waals surface area contributed by atoms with Crippen LogP contribution in [-0.2, 0) is 5.41 Å². The summed E-state index contributed by atoms with van der Waals surface area (Å²) in [6.45, 7) is 6.97. The molecule has 3 saturated carbocycles. The predicted octanol–water partition coefficient (Wildman–Crippen LogP) is 4.60. The molecule has 1 heterocycles. The summed E-state index contributed by atoms with van der Waals surface area (Å²) < 4.78 is 0. The summed E-state index contributed by atoms with van der Waals surface area (Å²) >= 11 is 2.04. The van der Waals surface area contributed by atoms with Crippen LogP contribution in [0.3, 0.4) is 0 Å². The van der Waals surface area contributed by atoms with Gasteiger partial charge in [0, 0.05) is 15.8 Å². The first-order valence-electron chi connectivity index (χ1n) is 8.28. The van der Waals surface area contributed by atoms with Crippen LogP contribution in [0.4, 0.5) is 0 Å². The van der Waals surface area contributed by atoms with Crippen molar-refractivity contribution < 1.29 is 0 Å². The summed E-state index contributed by atoms with van der Waals surface area (Å²) in [5, 5.41) is 3.65. The van der Waals surface area contributed by atoms with Gasteiger partial charge in [0.2, 0.25) is 0 Å². The maximum atomic E-state index is 3.65. The van der Waals surface area contributed by atoms with Gasteiger partial charge in [-0.25, -0.2) is 0 Å². The van der Waals surface area contributed by atoms with Crippen molar-refractivity contribution in [1.82, 2.24) is 5.32 Å². The third kappa shape index (κ3) is 1.84. The lowest BCUT2D eigenvalue weighted by Crippen LogP contribution is -2.21. The Balaban J connectivity index is 1.56. The summed E-state index contributed by atoms with van der Waals surface area (Å²) in [6.07, 6.45) is 4.60. The summed E-state index contributed by atoms with van der Waals surface area (Å²) in [6, 6.07) is 5.37. The molecule has 20 heavy (non-hydrogen) atoms. The van der Waals surface area contributed by atoms with Crippen LogP contribution in [0.25, 0.3) is 0 Å². The molecule has 2 heteroatoms. The normalized spacial score (nSPS) is 39.9. The summed E-state index contributed by atoms with van der Waals surface area (Å²) in [5.41, 5.74) is 0.291. The summed E-state index contributed by atoms with van der Waals surface area (Å²) in [5.74, 6) is 5.22. The molecule has 3 aliphatic rings. The van der Waals surface area contributed by atoms with Crippen molar-refractivity contribution in [2.24, 2.45) is 29.6 Å². The lowest BCUT2D eigenvalue weighted by molar-refractivity contribution is 0.389. The van der Waals surface area contributed by atoms with E-state index in [0.29, 0.717) is 11.5 Å². The highest BCUT2D eigenvalue weighted by atomic mass is 32.1. The van der Waals surface area contributed by atoms with Crippen LogP contribution in [0, 0.1) is 29.6 Å². The second-order valence-corrected chi connectivity index (χ2v) is 9.40. The lowest BCUT2D eigenvalue weighted by Gasteiger charge is -2.20. The van der Waals surface area contributed by atoms with Gasteiger partial charge in [0.25, 0.3) is 0 Å². The van der Waals surface area contributed by atoms with Gasteiger partial charge in [0.15, 0.2) is 0 Å². The van der Waals surface area contributed by atoms with Crippen molar-refractivity contribution in [2.75, 3.05) is 7.05 Å². The fourth-order valence-electron chi connectivity index (χ4n) is 5.29. The Bertz CT molecular complexity index is 496. The second kappa shape index (κ2) is 4.33. The molecule has 110 valence electrons. The van der Waals surface area contributed by atoms with Crippen LogP contribution in [0.5, 0.6) is 0 Å². The molecule has 1 aromatic heterocycles. The second-order valence-electron chi connectivity index (χ2n) is 8.28. The van der Waals surface area contributed by atoms with Gasteiger partial charge in [-0.15, -0.1) is 11.3 Å². The number of rotatable bonds is 3. The smallest absolute Gasteiger partial charge is 0.0446 e. The molecule has 0 aromatic carbocycles. The Morgan fingerprint density at radius 3 is 2.30 bits per heavy atom. The first-order chi connectivity index (χ1) is 9.50. The number of nitrogens with one attached hydrogen (secondary N) is 1. The van der Waals surface area contributed by atoms with E-state index in [1.807, 2.05) is 11.3 Å². The van der Waals surface area contributed by atoms with Crippen LogP contribution in [0.2, 0.25) is 0 Å². The van der Waals surface area contributed by atoms with Gasteiger partial charge in [-0.1, -0.05) is 20.8 Å². The Morgan fingerprint density at radius 2 is 1.80 bits per heavy atom. The van der Waals surface area contributed by atoms with Gasteiger partial charge in [-0.05, 0) is 73.4 Å². The van der Waals surface area contributed by atoms with E-state index in [9.17, 15) is 0 Å². The van der Waals surface area contributed by atoms with Crippen LogP contribution in [-0.4, -0.2) is 7.05 Å². The zero-order valence-electron chi connectivity index (χ0n) is 13.1. The quantitative estimate of drug-likeness (QED) is 0.857. The SMILES string of the molecule is CNC(c1ccc(C(C)(C)C)s1)C1C2C3CCC(C3)C21. The molecule has 3 aliphatic carbocycles. The van der Waals surface area contributed by atoms with Gasteiger partial charge in [-0.2, -0.15) is 0 Å². The molecule has 0 saturated heterocycles. The molecule has 3 fully saturated rings. The third-order valence-corrected chi connectivity index (χ3v) is 7.76. The molecular weight excluding hydrogens is 262 g/mol. The highest BCUT2D eigenvalue weighted by Gasteiger charge is 2.66. The van der Waals surface area contributed by atoms with Gasteiger partial charge < -0.3 is 5.32 Å². The fourth-order valence-corrected chi connectivity index (χ4v) is 6.52. The zero-order valence-corrected chi connectivity index (χ0v) is 14.0. The monoisotopic (exact) mass is 289 g/mol. The molecule has 0 aliphatic heterocycles. The first-order valence-corrected chi connectivity index (χ1v) is 9.10. The van der Waals surface area contributed by atoms with Gasteiger partial charge in [0.1, 0.15) is 0 Å². The number of hydrogen-bond donors (Lipinski definition) is 1. The molecule has 0 spiro atoms. The van der Waals surface area contributed by atoms with Crippen molar-refractivity contribution in [3.05, 3.63) is 21.9 Å². The van der Waals surface area contributed by atoms with E-state index in [0.717, 1.165) is 29.6 Å². The molecule has 5 unspecified atom stereocenters. The zero-order chi connectivity index (χ0) is 14.1.